The van der Waals surface area contributed by atoms with E-state index in [2.05, 4.69) is 6.92 Å². The predicted octanol–water partition coefficient (Wildman–Crippen LogP) is 4.09. The van der Waals surface area contributed by atoms with E-state index < -0.39 is 9.84 Å². The summed E-state index contributed by atoms with van der Waals surface area (Å²) < 4.78 is 24.1. The molecule has 0 unspecified atom stereocenters. The lowest BCUT2D eigenvalue weighted by molar-refractivity contribution is 0.482. The van der Waals surface area contributed by atoms with Crippen LogP contribution < -0.4 is 0 Å². The van der Waals surface area contributed by atoms with E-state index in [4.69, 9.17) is 0 Å². The highest BCUT2D eigenvalue weighted by molar-refractivity contribution is 7.92. The van der Waals surface area contributed by atoms with E-state index in [0.29, 0.717) is 5.75 Å². The van der Waals surface area contributed by atoms with E-state index in [1.807, 2.05) is 0 Å². The van der Waals surface area contributed by atoms with E-state index in [0.717, 1.165) is 38.5 Å². The summed E-state index contributed by atoms with van der Waals surface area (Å²) in [7, 11) is -2.78. The van der Waals surface area contributed by atoms with Gasteiger partial charge in [-0.05, 0) is 19.3 Å². The molecule has 0 heterocycles. The first kappa shape index (κ1) is 15.0. The number of unbranched alkanes of at least 4 members (excludes halogenated alkanes) is 5. The fourth-order valence-electron chi connectivity index (χ4n) is 2.67. The summed E-state index contributed by atoms with van der Waals surface area (Å²) in [4.78, 5) is 0. The van der Waals surface area contributed by atoms with Gasteiger partial charge in [0.2, 0.25) is 0 Å². The van der Waals surface area contributed by atoms with Crippen LogP contribution in [0.5, 0.6) is 0 Å². The highest BCUT2D eigenvalue weighted by Gasteiger charge is 2.26. The van der Waals surface area contributed by atoms with Crippen LogP contribution in [-0.2, 0) is 9.84 Å². The standard InChI is InChI=1S/C14H28O2S/c1-2-3-4-5-6-10-13-17(15,16)14-11-8-7-9-12-14/h14H,2-13H2,1H3. The molecule has 1 aliphatic carbocycles. The smallest absolute Gasteiger partial charge is 0.153 e. The lowest BCUT2D eigenvalue weighted by Gasteiger charge is -2.21. The highest BCUT2D eigenvalue weighted by Crippen LogP contribution is 2.24. The summed E-state index contributed by atoms with van der Waals surface area (Å²) in [5.74, 6) is 0.434. The van der Waals surface area contributed by atoms with Crippen LogP contribution in [0.2, 0.25) is 0 Å². The Morgan fingerprint density at radius 2 is 1.47 bits per heavy atom. The monoisotopic (exact) mass is 260 g/mol. The first-order chi connectivity index (χ1) is 8.17. The van der Waals surface area contributed by atoms with Crippen molar-refractivity contribution in [1.29, 1.82) is 0 Å². The van der Waals surface area contributed by atoms with E-state index in [1.54, 1.807) is 0 Å². The second kappa shape index (κ2) is 8.12. The lowest BCUT2D eigenvalue weighted by atomic mass is 10.0. The topological polar surface area (TPSA) is 34.1 Å². The molecule has 0 aromatic carbocycles. The molecule has 1 rings (SSSR count). The molecule has 0 N–H and O–H groups in total. The molecule has 0 aliphatic heterocycles. The highest BCUT2D eigenvalue weighted by atomic mass is 32.2. The fraction of sp³-hybridized carbons (Fsp3) is 1.00. The van der Waals surface area contributed by atoms with Crippen LogP contribution in [-0.4, -0.2) is 19.4 Å². The number of hydrogen-bond acceptors (Lipinski definition) is 2. The van der Waals surface area contributed by atoms with Gasteiger partial charge in [-0.15, -0.1) is 0 Å². The van der Waals surface area contributed by atoms with Gasteiger partial charge in [0.1, 0.15) is 0 Å². The van der Waals surface area contributed by atoms with Crippen LogP contribution in [0.1, 0.15) is 77.6 Å². The zero-order valence-electron chi connectivity index (χ0n) is 11.3. The molecule has 102 valence electrons. The molecule has 0 saturated heterocycles. The first-order valence-electron chi connectivity index (χ1n) is 7.38. The van der Waals surface area contributed by atoms with Crippen molar-refractivity contribution in [1.82, 2.24) is 0 Å². The van der Waals surface area contributed by atoms with Gasteiger partial charge in [-0.2, -0.15) is 0 Å². The Hall–Kier alpha value is -0.0500. The number of rotatable bonds is 8. The Labute approximate surface area is 107 Å². The van der Waals surface area contributed by atoms with Crippen LogP contribution in [0.15, 0.2) is 0 Å². The molecule has 0 radical (unpaired) electrons. The predicted molar refractivity (Wildman–Crippen MR) is 74.0 cm³/mol. The Balaban J connectivity index is 2.15. The van der Waals surface area contributed by atoms with Gasteiger partial charge in [-0.25, -0.2) is 8.42 Å². The van der Waals surface area contributed by atoms with Crippen LogP contribution >= 0.6 is 0 Å². The van der Waals surface area contributed by atoms with Crippen LogP contribution in [0.3, 0.4) is 0 Å². The average molecular weight is 260 g/mol. The maximum Gasteiger partial charge on any atom is 0.153 e. The third kappa shape index (κ3) is 5.89. The van der Waals surface area contributed by atoms with E-state index >= 15 is 0 Å². The summed E-state index contributed by atoms with van der Waals surface area (Å²) in [6, 6.07) is 0. The van der Waals surface area contributed by atoms with Crippen molar-refractivity contribution in [2.45, 2.75) is 82.8 Å². The molecular formula is C14H28O2S. The van der Waals surface area contributed by atoms with Crippen LogP contribution in [0.4, 0.5) is 0 Å². The summed E-state index contributed by atoms with van der Waals surface area (Å²) in [6.45, 7) is 2.20. The minimum Gasteiger partial charge on any atom is -0.229 e. The van der Waals surface area contributed by atoms with Crippen molar-refractivity contribution < 1.29 is 8.42 Å². The Bertz CT molecular complexity index is 277. The van der Waals surface area contributed by atoms with Crippen molar-refractivity contribution in [3.63, 3.8) is 0 Å². The largest absolute Gasteiger partial charge is 0.229 e. The van der Waals surface area contributed by atoms with Gasteiger partial charge in [0.05, 0.1) is 11.0 Å². The Morgan fingerprint density at radius 1 is 0.882 bits per heavy atom. The maximum absolute atomic E-state index is 12.1. The summed E-state index contributed by atoms with van der Waals surface area (Å²) in [6.07, 6.45) is 12.2. The van der Waals surface area contributed by atoms with Crippen molar-refractivity contribution in [3.8, 4) is 0 Å². The van der Waals surface area contributed by atoms with E-state index in [1.165, 1.54) is 32.1 Å². The van der Waals surface area contributed by atoms with Crippen molar-refractivity contribution >= 4 is 9.84 Å². The zero-order chi connectivity index (χ0) is 12.6. The Kier molecular flexibility index (Phi) is 7.17. The molecule has 0 aromatic heterocycles. The molecule has 3 heteroatoms. The van der Waals surface area contributed by atoms with Gasteiger partial charge >= 0.3 is 0 Å². The van der Waals surface area contributed by atoms with Crippen LogP contribution in [0.25, 0.3) is 0 Å². The van der Waals surface area contributed by atoms with Gasteiger partial charge in [0, 0.05) is 0 Å². The van der Waals surface area contributed by atoms with Crippen molar-refractivity contribution in [2.75, 3.05) is 5.75 Å². The molecule has 0 amide bonds. The molecule has 17 heavy (non-hydrogen) atoms. The molecule has 1 aliphatic rings. The molecule has 0 bridgehead atoms. The normalized spacial score (nSPS) is 18.4. The summed E-state index contributed by atoms with van der Waals surface area (Å²) in [5.41, 5.74) is 0. The second-order valence-corrected chi connectivity index (χ2v) is 7.80. The van der Waals surface area contributed by atoms with Gasteiger partial charge in [-0.3, -0.25) is 0 Å². The SMILES string of the molecule is CCCCCCCCS(=O)(=O)C1CCCCC1. The second-order valence-electron chi connectivity index (χ2n) is 5.39. The molecule has 0 spiro atoms. The van der Waals surface area contributed by atoms with E-state index in [9.17, 15) is 8.42 Å². The third-order valence-electron chi connectivity index (χ3n) is 3.84. The summed E-state index contributed by atoms with van der Waals surface area (Å²) >= 11 is 0. The van der Waals surface area contributed by atoms with Gasteiger partial charge in [-0.1, -0.05) is 58.3 Å². The Morgan fingerprint density at radius 3 is 2.12 bits per heavy atom. The molecule has 2 nitrogen and oxygen atoms in total. The summed E-state index contributed by atoms with van der Waals surface area (Å²) in [5, 5.41) is -0.00751. The van der Waals surface area contributed by atoms with Crippen LogP contribution in [0, 0.1) is 0 Å². The third-order valence-corrected chi connectivity index (χ3v) is 6.19. The fourth-order valence-corrected chi connectivity index (χ4v) is 4.67. The average Bonchev–Trinajstić information content (AvgIpc) is 2.35. The molecule has 0 atom stereocenters. The lowest BCUT2D eigenvalue weighted by Crippen LogP contribution is -2.26. The molecular weight excluding hydrogens is 232 g/mol. The number of hydrogen-bond donors (Lipinski definition) is 0. The minimum absolute atomic E-state index is 0.00751. The quantitative estimate of drug-likeness (QED) is 0.616. The van der Waals surface area contributed by atoms with Crippen molar-refractivity contribution in [3.05, 3.63) is 0 Å². The van der Waals surface area contributed by atoms with Gasteiger partial charge in [0.15, 0.2) is 9.84 Å². The maximum atomic E-state index is 12.1. The molecule has 0 aromatic rings. The van der Waals surface area contributed by atoms with Gasteiger partial charge in [0.25, 0.3) is 0 Å². The molecule has 1 fully saturated rings. The van der Waals surface area contributed by atoms with Crippen molar-refractivity contribution in [2.24, 2.45) is 0 Å². The van der Waals surface area contributed by atoms with E-state index in [-0.39, 0.29) is 5.25 Å². The molecule has 1 saturated carbocycles. The zero-order valence-corrected chi connectivity index (χ0v) is 12.1. The number of sulfone groups is 1. The first-order valence-corrected chi connectivity index (χ1v) is 9.10. The minimum atomic E-state index is -2.78. The van der Waals surface area contributed by atoms with Gasteiger partial charge < -0.3 is 0 Å².